The van der Waals surface area contributed by atoms with E-state index in [-0.39, 0.29) is 5.88 Å². The van der Waals surface area contributed by atoms with E-state index in [2.05, 4.69) is 5.16 Å². The second-order valence-electron chi connectivity index (χ2n) is 3.86. The molecule has 2 rings (SSSR count). The number of rotatable bonds is 5. The van der Waals surface area contributed by atoms with Crippen LogP contribution in [0.3, 0.4) is 0 Å². The van der Waals surface area contributed by atoms with Crippen LogP contribution in [0, 0.1) is 0 Å². The van der Waals surface area contributed by atoms with Gasteiger partial charge in [0.1, 0.15) is 11.5 Å². The van der Waals surface area contributed by atoms with Gasteiger partial charge < -0.3 is 24.5 Å². The lowest BCUT2D eigenvalue weighted by molar-refractivity contribution is 0.178. The summed E-state index contributed by atoms with van der Waals surface area (Å²) in [6.45, 7) is 0.366. The lowest BCUT2D eigenvalue weighted by Crippen LogP contribution is -2.00. The number of benzene rings is 1. The Kier molecular flexibility index (Phi) is 3.91. The third kappa shape index (κ3) is 2.34. The molecule has 0 saturated carbocycles. The molecule has 2 aromatic rings. The molecular formula is C13H16N2O4. The second-order valence-corrected chi connectivity index (χ2v) is 3.86. The summed E-state index contributed by atoms with van der Waals surface area (Å²) in [5.74, 6) is 1.57. The Morgan fingerprint density at radius 2 is 1.95 bits per heavy atom. The molecule has 0 aliphatic heterocycles. The van der Waals surface area contributed by atoms with Crippen molar-refractivity contribution in [2.24, 2.45) is 0 Å². The summed E-state index contributed by atoms with van der Waals surface area (Å²) in [6.07, 6.45) is 1.55. The van der Waals surface area contributed by atoms with Crippen LogP contribution in [0.25, 0.3) is 11.1 Å². The summed E-state index contributed by atoms with van der Waals surface area (Å²) >= 11 is 0. The molecule has 0 unspecified atom stereocenters. The molecule has 0 saturated heterocycles. The summed E-state index contributed by atoms with van der Waals surface area (Å²) in [4.78, 5) is 0. The molecule has 0 bridgehead atoms. The highest BCUT2D eigenvalue weighted by molar-refractivity contribution is 5.79. The van der Waals surface area contributed by atoms with E-state index in [0.717, 1.165) is 11.1 Å². The Morgan fingerprint density at radius 1 is 1.16 bits per heavy atom. The molecule has 0 spiro atoms. The molecule has 0 radical (unpaired) electrons. The first kappa shape index (κ1) is 13.2. The number of methoxy groups -OCH3 is 3. The third-order valence-electron chi connectivity index (χ3n) is 2.82. The van der Waals surface area contributed by atoms with Crippen molar-refractivity contribution < 1.29 is 18.7 Å². The van der Waals surface area contributed by atoms with E-state index in [1.54, 1.807) is 27.5 Å². The fourth-order valence-corrected chi connectivity index (χ4v) is 1.98. The van der Waals surface area contributed by atoms with Crippen LogP contribution < -0.4 is 15.2 Å². The second kappa shape index (κ2) is 5.62. The van der Waals surface area contributed by atoms with Crippen molar-refractivity contribution in [3.63, 3.8) is 0 Å². The maximum Gasteiger partial charge on any atom is 0.230 e. The Bertz CT molecular complexity index is 566. The van der Waals surface area contributed by atoms with E-state index in [4.69, 9.17) is 24.5 Å². The van der Waals surface area contributed by atoms with Gasteiger partial charge in [-0.2, -0.15) is 0 Å². The molecular weight excluding hydrogens is 248 g/mol. The van der Waals surface area contributed by atoms with Gasteiger partial charge in [-0.3, -0.25) is 0 Å². The minimum atomic E-state index is 0.242. The molecule has 2 N–H and O–H groups in total. The number of nitrogen functional groups attached to an aromatic ring is 1. The molecule has 6 heteroatoms. The highest BCUT2D eigenvalue weighted by Crippen LogP contribution is 2.40. The summed E-state index contributed by atoms with van der Waals surface area (Å²) in [6, 6.07) is 3.68. The Hall–Kier alpha value is -2.21. The Balaban J connectivity index is 2.62. The van der Waals surface area contributed by atoms with Crippen molar-refractivity contribution in [3.8, 4) is 22.6 Å². The monoisotopic (exact) mass is 264 g/mol. The third-order valence-corrected chi connectivity index (χ3v) is 2.82. The predicted molar refractivity (Wildman–Crippen MR) is 70.2 cm³/mol. The average Bonchev–Trinajstić information content (AvgIpc) is 2.84. The molecule has 0 amide bonds. The zero-order valence-electron chi connectivity index (χ0n) is 11.1. The fraction of sp³-hybridized carbons (Fsp3) is 0.308. The van der Waals surface area contributed by atoms with Gasteiger partial charge in [-0.15, -0.1) is 0 Å². The number of nitrogens with two attached hydrogens (primary N) is 1. The maximum absolute atomic E-state index is 5.74. The molecule has 102 valence electrons. The zero-order valence-corrected chi connectivity index (χ0v) is 11.1. The summed E-state index contributed by atoms with van der Waals surface area (Å²) in [5, 5.41) is 3.67. The highest BCUT2D eigenvalue weighted by atomic mass is 16.5. The van der Waals surface area contributed by atoms with Crippen LogP contribution in [0.4, 0.5) is 5.88 Å². The van der Waals surface area contributed by atoms with Gasteiger partial charge in [-0.05, 0) is 12.1 Å². The van der Waals surface area contributed by atoms with E-state index >= 15 is 0 Å². The van der Waals surface area contributed by atoms with Crippen molar-refractivity contribution in [3.05, 3.63) is 23.9 Å². The SMILES string of the molecule is COCc1c(OC)ccc(-c2cnoc2N)c1OC. The van der Waals surface area contributed by atoms with Crippen LogP contribution in [0.15, 0.2) is 22.9 Å². The van der Waals surface area contributed by atoms with Crippen molar-refractivity contribution in [2.75, 3.05) is 27.1 Å². The molecule has 1 aromatic carbocycles. The van der Waals surface area contributed by atoms with Crippen LogP contribution >= 0.6 is 0 Å². The van der Waals surface area contributed by atoms with E-state index in [1.807, 2.05) is 12.1 Å². The lowest BCUT2D eigenvalue weighted by Gasteiger charge is -2.15. The summed E-state index contributed by atoms with van der Waals surface area (Å²) < 4.78 is 20.8. The minimum Gasteiger partial charge on any atom is -0.496 e. The molecule has 0 atom stereocenters. The van der Waals surface area contributed by atoms with Crippen molar-refractivity contribution in [2.45, 2.75) is 6.61 Å². The molecule has 0 aliphatic rings. The minimum absolute atomic E-state index is 0.242. The van der Waals surface area contributed by atoms with Crippen LogP contribution in [0.1, 0.15) is 5.56 Å². The number of hydrogen-bond acceptors (Lipinski definition) is 6. The maximum atomic E-state index is 5.74. The standard InChI is InChI=1S/C13H16N2O4/c1-16-7-10-11(17-2)5-4-8(12(10)18-3)9-6-15-19-13(9)14/h4-6H,7,14H2,1-3H3. The van der Waals surface area contributed by atoms with Gasteiger partial charge in [-0.1, -0.05) is 5.16 Å². The van der Waals surface area contributed by atoms with Crippen LogP contribution in [0.2, 0.25) is 0 Å². The van der Waals surface area contributed by atoms with Gasteiger partial charge in [0.2, 0.25) is 5.88 Å². The quantitative estimate of drug-likeness (QED) is 0.890. The van der Waals surface area contributed by atoms with Gasteiger partial charge >= 0.3 is 0 Å². The summed E-state index contributed by atoms with van der Waals surface area (Å²) in [7, 11) is 4.79. The van der Waals surface area contributed by atoms with Crippen molar-refractivity contribution in [1.29, 1.82) is 0 Å². The Morgan fingerprint density at radius 3 is 2.47 bits per heavy atom. The van der Waals surface area contributed by atoms with Crippen LogP contribution in [0.5, 0.6) is 11.5 Å². The van der Waals surface area contributed by atoms with Gasteiger partial charge in [0.05, 0.1) is 38.2 Å². The molecule has 1 aromatic heterocycles. The first-order chi connectivity index (χ1) is 9.22. The van der Waals surface area contributed by atoms with Crippen molar-refractivity contribution >= 4 is 5.88 Å². The fourth-order valence-electron chi connectivity index (χ4n) is 1.98. The number of aromatic nitrogens is 1. The van der Waals surface area contributed by atoms with E-state index in [1.165, 1.54) is 0 Å². The Labute approximate surface area is 111 Å². The van der Waals surface area contributed by atoms with E-state index in [9.17, 15) is 0 Å². The van der Waals surface area contributed by atoms with Crippen LogP contribution in [-0.2, 0) is 11.3 Å². The number of nitrogens with zero attached hydrogens (tertiary/aromatic N) is 1. The first-order valence-electron chi connectivity index (χ1n) is 5.66. The van der Waals surface area contributed by atoms with Gasteiger partial charge in [0.25, 0.3) is 0 Å². The van der Waals surface area contributed by atoms with Gasteiger partial charge in [0.15, 0.2) is 0 Å². The van der Waals surface area contributed by atoms with E-state index < -0.39 is 0 Å². The van der Waals surface area contributed by atoms with E-state index in [0.29, 0.717) is 23.7 Å². The molecule has 1 heterocycles. The van der Waals surface area contributed by atoms with Gasteiger partial charge in [0, 0.05) is 12.7 Å². The topological polar surface area (TPSA) is 79.7 Å². The molecule has 6 nitrogen and oxygen atoms in total. The van der Waals surface area contributed by atoms with Crippen molar-refractivity contribution in [1.82, 2.24) is 5.16 Å². The molecule has 0 aliphatic carbocycles. The predicted octanol–water partition coefficient (Wildman–Crippen LogP) is 2.09. The molecule has 19 heavy (non-hydrogen) atoms. The zero-order chi connectivity index (χ0) is 13.8. The largest absolute Gasteiger partial charge is 0.496 e. The normalized spacial score (nSPS) is 10.5. The average molecular weight is 264 g/mol. The van der Waals surface area contributed by atoms with Crippen LogP contribution in [-0.4, -0.2) is 26.5 Å². The van der Waals surface area contributed by atoms with Gasteiger partial charge in [-0.25, -0.2) is 0 Å². The highest BCUT2D eigenvalue weighted by Gasteiger charge is 2.19. The number of hydrogen-bond donors (Lipinski definition) is 1. The summed E-state index contributed by atoms with van der Waals surface area (Å²) in [5.41, 5.74) is 8.02. The number of ether oxygens (including phenoxy) is 3. The first-order valence-corrected chi connectivity index (χ1v) is 5.66. The molecule has 0 fully saturated rings. The number of anilines is 1. The smallest absolute Gasteiger partial charge is 0.230 e. The lowest BCUT2D eigenvalue weighted by atomic mass is 10.0.